The molecular formula is C15H28O2. The number of esters is 1. The molecule has 0 aliphatic rings. The second-order valence-corrected chi connectivity index (χ2v) is 5.57. The minimum absolute atomic E-state index is 0.0814. The van der Waals surface area contributed by atoms with Crippen LogP contribution in [0.15, 0.2) is 12.2 Å². The van der Waals surface area contributed by atoms with E-state index in [9.17, 15) is 4.79 Å². The largest absolute Gasteiger partial charge is 0.462 e. The number of carbonyl (C=O) groups excluding carboxylic acids is 1. The zero-order chi connectivity index (χ0) is 13.3. The van der Waals surface area contributed by atoms with E-state index < -0.39 is 0 Å². The molecule has 0 rings (SSSR count). The van der Waals surface area contributed by atoms with Crippen molar-refractivity contribution in [2.45, 2.75) is 72.8 Å². The van der Waals surface area contributed by atoms with E-state index in [2.05, 4.69) is 39.8 Å². The Hall–Kier alpha value is -0.790. The van der Waals surface area contributed by atoms with Crippen LogP contribution in [0, 0.1) is 5.41 Å². The molecule has 0 fully saturated rings. The molecule has 0 radical (unpaired) electrons. The van der Waals surface area contributed by atoms with Gasteiger partial charge in [0, 0.05) is 6.42 Å². The van der Waals surface area contributed by atoms with Crippen LogP contribution >= 0.6 is 0 Å². The lowest BCUT2D eigenvalue weighted by molar-refractivity contribution is -0.149. The molecule has 0 aromatic rings. The molecule has 0 spiro atoms. The predicted octanol–water partition coefficient (Wildman–Crippen LogP) is 4.49. The first-order valence-corrected chi connectivity index (χ1v) is 6.76. The molecular weight excluding hydrogens is 212 g/mol. The van der Waals surface area contributed by atoms with E-state index in [1.165, 1.54) is 0 Å². The topological polar surface area (TPSA) is 26.3 Å². The van der Waals surface area contributed by atoms with Crippen molar-refractivity contribution in [1.29, 1.82) is 0 Å². The number of carbonyl (C=O) groups is 1. The standard InChI is InChI=1S/C15H28O2/c1-6-13(17-14(16)7-2)11-9-8-10-12-15(3,4)5/h10,12-13H,6-9,11H2,1-5H3. The van der Waals surface area contributed by atoms with Crippen LogP contribution in [0.3, 0.4) is 0 Å². The number of unbranched alkanes of at least 4 members (excludes halogenated alkanes) is 1. The lowest BCUT2D eigenvalue weighted by atomic mass is 9.95. The van der Waals surface area contributed by atoms with Crippen molar-refractivity contribution in [3.63, 3.8) is 0 Å². The molecule has 0 aliphatic carbocycles. The molecule has 0 aliphatic heterocycles. The molecule has 0 saturated carbocycles. The maximum absolute atomic E-state index is 11.2. The highest BCUT2D eigenvalue weighted by Crippen LogP contribution is 2.16. The van der Waals surface area contributed by atoms with E-state index in [0.717, 1.165) is 25.7 Å². The van der Waals surface area contributed by atoms with Gasteiger partial charge < -0.3 is 4.74 Å². The molecule has 0 bridgehead atoms. The molecule has 0 amide bonds. The number of ether oxygens (including phenoxy) is 1. The first-order valence-electron chi connectivity index (χ1n) is 6.76. The van der Waals surface area contributed by atoms with Crippen LogP contribution in [0.25, 0.3) is 0 Å². The second-order valence-electron chi connectivity index (χ2n) is 5.57. The SMILES string of the molecule is CCC(=O)OC(CC)CCCC=CC(C)(C)C. The molecule has 17 heavy (non-hydrogen) atoms. The molecule has 2 heteroatoms. The Morgan fingerprint density at radius 3 is 2.41 bits per heavy atom. The zero-order valence-electron chi connectivity index (χ0n) is 12.1. The molecule has 2 nitrogen and oxygen atoms in total. The Morgan fingerprint density at radius 1 is 1.29 bits per heavy atom. The van der Waals surface area contributed by atoms with E-state index >= 15 is 0 Å². The monoisotopic (exact) mass is 240 g/mol. The van der Waals surface area contributed by atoms with Gasteiger partial charge in [-0.3, -0.25) is 4.79 Å². The summed E-state index contributed by atoms with van der Waals surface area (Å²) in [6.45, 7) is 10.5. The van der Waals surface area contributed by atoms with Crippen LogP contribution in [0.5, 0.6) is 0 Å². The minimum Gasteiger partial charge on any atom is -0.462 e. The highest BCUT2D eigenvalue weighted by molar-refractivity contribution is 5.69. The number of hydrogen-bond acceptors (Lipinski definition) is 2. The average Bonchev–Trinajstić information content (AvgIpc) is 2.25. The predicted molar refractivity (Wildman–Crippen MR) is 72.9 cm³/mol. The quantitative estimate of drug-likeness (QED) is 0.372. The summed E-state index contributed by atoms with van der Waals surface area (Å²) in [5, 5.41) is 0. The molecule has 0 heterocycles. The van der Waals surface area contributed by atoms with Crippen molar-refractivity contribution in [2.24, 2.45) is 5.41 Å². The van der Waals surface area contributed by atoms with Crippen molar-refractivity contribution >= 4 is 5.97 Å². The molecule has 1 unspecified atom stereocenters. The fourth-order valence-corrected chi connectivity index (χ4v) is 1.52. The van der Waals surface area contributed by atoms with Gasteiger partial charge >= 0.3 is 5.97 Å². The third-order valence-corrected chi connectivity index (χ3v) is 2.56. The Labute approximate surface area is 106 Å². The van der Waals surface area contributed by atoms with Crippen LogP contribution in [-0.2, 0) is 9.53 Å². The fourth-order valence-electron chi connectivity index (χ4n) is 1.52. The van der Waals surface area contributed by atoms with Crippen molar-refractivity contribution < 1.29 is 9.53 Å². The van der Waals surface area contributed by atoms with Gasteiger partial charge in [-0.15, -0.1) is 0 Å². The lowest BCUT2D eigenvalue weighted by Gasteiger charge is -2.15. The lowest BCUT2D eigenvalue weighted by Crippen LogP contribution is -2.16. The molecule has 0 saturated heterocycles. The van der Waals surface area contributed by atoms with E-state index in [4.69, 9.17) is 4.74 Å². The van der Waals surface area contributed by atoms with Gasteiger partial charge in [0.1, 0.15) is 6.10 Å². The second kappa shape index (κ2) is 8.32. The van der Waals surface area contributed by atoms with Crippen molar-refractivity contribution in [1.82, 2.24) is 0 Å². The van der Waals surface area contributed by atoms with Crippen molar-refractivity contribution in [2.75, 3.05) is 0 Å². The summed E-state index contributed by atoms with van der Waals surface area (Å²) in [5.41, 5.74) is 0.263. The number of rotatable bonds is 7. The van der Waals surface area contributed by atoms with Gasteiger partial charge in [0.2, 0.25) is 0 Å². The third kappa shape index (κ3) is 10.1. The minimum atomic E-state index is -0.0814. The number of allylic oxidation sites excluding steroid dienone is 2. The fraction of sp³-hybridized carbons (Fsp3) is 0.800. The van der Waals surface area contributed by atoms with Gasteiger partial charge in [-0.25, -0.2) is 0 Å². The summed E-state index contributed by atoms with van der Waals surface area (Å²) < 4.78 is 5.33. The maximum Gasteiger partial charge on any atom is 0.305 e. The number of hydrogen-bond donors (Lipinski definition) is 0. The summed E-state index contributed by atoms with van der Waals surface area (Å²) in [5.74, 6) is -0.0814. The summed E-state index contributed by atoms with van der Waals surface area (Å²) >= 11 is 0. The normalized spacial score (nSPS) is 13.9. The maximum atomic E-state index is 11.2. The van der Waals surface area contributed by atoms with Crippen LogP contribution in [0.1, 0.15) is 66.7 Å². The van der Waals surface area contributed by atoms with Crippen molar-refractivity contribution in [3.05, 3.63) is 12.2 Å². The third-order valence-electron chi connectivity index (χ3n) is 2.56. The summed E-state index contributed by atoms with van der Waals surface area (Å²) in [4.78, 5) is 11.2. The summed E-state index contributed by atoms with van der Waals surface area (Å²) in [6.07, 6.45) is 9.08. The Bertz CT molecular complexity index is 236. The van der Waals surface area contributed by atoms with Crippen LogP contribution in [0.4, 0.5) is 0 Å². The molecule has 0 aromatic carbocycles. The Balaban J connectivity index is 3.78. The van der Waals surface area contributed by atoms with Gasteiger partial charge in [0.15, 0.2) is 0 Å². The zero-order valence-corrected chi connectivity index (χ0v) is 12.1. The van der Waals surface area contributed by atoms with E-state index in [0.29, 0.717) is 6.42 Å². The Kier molecular flexibility index (Phi) is 7.94. The highest BCUT2D eigenvalue weighted by atomic mass is 16.5. The average molecular weight is 240 g/mol. The van der Waals surface area contributed by atoms with Crippen molar-refractivity contribution in [3.8, 4) is 0 Å². The van der Waals surface area contributed by atoms with Gasteiger partial charge in [-0.2, -0.15) is 0 Å². The molecule has 0 aromatic heterocycles. The van der Waals surface area contributed by atoms with E-state index in [-0.39, 0.29) is 17.5 Å². The molecule has 0 N–H and O–H groups in total. The summed E-state index contributed by atoms with van der Waals surface area (Å²) in [6, 6.07) is 0. The van der Waals surface area contributed by atoms with Gasteiger partial charge in [0.05, 0.1) is 0 Å². The van der Waals surface area contributed by atoms with E-state index in [1.807, 2.05) is 6.92 Å². The van der Waals surface area contributed by atoms with E-state index in [1.54, 1.807) is 0 Å². The smallest absolute Gasteiger partial charge is 0.305 e. The summed E-state index contributed by atoms with van der Waals surface area (Å²) in [7, 11) is 0. The van der Waals surface area contributed by atoms with Gasteiger partial charge in [0.25, 0.3) is 0 Å². The molecule has 100 valence electrons. The first-order chi connectivity index (χ1) is 7.89. The molecule has 1 atom stereocenters. The van der Waals surface area contributed by atoms with Crippen LogP contribution in [-0.4, -0.2) is 12.1 Å². The first kappa shape index (κ1) is 16.2. The van der Waals surface area contributed by atoms with Crippen LogP contribution < -0.4 is 0 Å². The Morgan fingerprint density at radius 2 is 1.94 bits per heavy atom. The highest BCUT2D eigenvalue weighted by Gasteiger charge is 2.10. The van der Waals surface area contributed by atoms with Gasteiger partial charge in [-0.1, -0.05) is 46.8 Å². The van der Waals surface area contributed by atoms with Gasteiger partial charge in [-0.05, 0) is 31.1 Å². The van der Waals surface area contributed by atoms with Crippen LogP contribution in [0.2, 0.25) is 0 Å².